The Balaban J connectivity index is 2.04. The quantitative estimate of drug-likeness (QED) is 0.573. The van der Waals surface area contributed by atoms with Crippen molar-refractivity contribution in [3.05, 3.63) is 66.0 Å². The summed E-state index contributed by atoms with van der Waals surface area (Å²) in [5, 5.41) is 0. The van der Waals surface area contributed by atoms with E-state index in [2.05, 4.69) is 30.8 Å². The lowest BCUT2D eigenvalue weighted by atomic mass is 9.84. The van der Waals surface area contributed by atoms with Crippen molar-refractivity contribution in [1.82, 2.24) is 0 Å². The minimum absolute atomic E-state index is 0.232. The summed E-state index contributed by atoms with van der Waals surface area (Å²) in [4.78, 5) is 0. The van der Waals surface area contributed by atoms with Gasteiger partial charge in [-0.05, 0) is 48.5 Å². The van der Waals surface area contributed by atoms with Crippen LogP contribution in [0, 0.1) is 0 Å². The molecule has 2 rings (SSSR count). The van der Waals surface area contributed by atoms with Gasteiger partial charge in [0.2, 0.25) is 0 Å². The second kappa shape index (κ2) is 7.23. The molecule has 1 saturated carbocycles. The minimum Gasteiger partial charge on any atom is -0.207 e. The minimum atomic E-state index is -0.232. The monoisotopic (exact) mass is 270 g/mol. The van der Waals surface area contributed by atoms with E-state index >= 15 is 0 Å². The third kappa shape index (κ3) is 3.93. The molecule has 106 valence electrons. The molecule has 1 aromatic rings. The normalized spacial score (nSPS) is 17.6. The fourth-order valence-electron chi connectivity index (χ4n) is 2.78. The number of hydrogen-bond acceptors (Lipinski definition) is 0. The van der Waals surface area contributed by atoms with E-state index in [1.54, 1.807) is 13.0 Å². The molecule has 0 heterocycles. The Hall–Kier alpha value is -1.63. The fourth-order valence-corrected chi connectivity index (χ4v) is 2.78. The highest BCUT2D eigenvalue weighted by atomic mass is 19.1. The van der Waals surface area contributed by atoms with Gasteiger partial charge in [0.15, 0.2) is 0 Å². The van der Waals surface area contributed by atoms with E-state index in [9.17, 15) is 4.39 Å². The van der Waals surface area contributed by atoms with Gasteiger partial charge in [0.1, 0.15) is 5.83 Å². The van der Waals surface area contributed by atoms with Crippen LogP contribution in [0.4, 0.5) is 4.39 Å². The SMILES string of the molecule is C=C(/C=C\C(F)=C/C)c1ccc(C2CCCCC2)cc1. The van der Waals surface area contributed by atoms with E-state index in [4.69, 9.17) is 0 Å². The first-order valence-corrected chi connectivity index (χ1v) is 7.50. The molecule has 0 radical (unpaired) electrons. The van der Waals surface area contributed by atoms with E-state index in [1.807, 2.05) is 0 Å². The van der Waals surface area contributed by atoms with Gasteiger partial charge in [0.25, 0.3) is 0 Å². The summed E-state index contributed by atoms with van der Waals surface area (Å²) in [6, 6.07) is 8.61. The zero-order chi connectivity index (χ0) is 14.4. The number of benzene rings is 1. The first-order valence-electron chi connectivity index (χ1n) is 7.50. The standard InChI is InChI=1S/C19H23F/c1-3-19(20)14-9-15(2)16-10-12-18(13-11-16)17-7-5-4-6-8-17/h3,9-14,17H,2,4-8H2,1H3/b14-9-,19-3+. The molecular weight excluding hydrogens is 247 g/mol. The number of rotatable bonds is 4. The first kappa shape index (κ1) is 14.8. The van der Waals surface area contributed by atoms with Gasteiger partial charge in [-0.15, -0.1) is 0 Å². The van der Waals surface area contributed by atoms with Crippen LogP contribution in [-0.4, -0.2) is 0 Å². The van der Waals surface area contributed by atoms with Gasteiger partial charge in [-0.2, -0.15) is 0 Å². The van der Waals surface area contributed by atoms with Gasteiger partial charge >= 0.3 is 0 Å². The van der Waals surface area contributed by atoms with Gasteiger partial charge < -0.3 is 0 Å². The molecule has 0 amide bonds. The largest absolute Gasteiger partial charge is 0.207 e. The highest BCUT2D eigenvalue weighted by molar-refractivity contribution is 5.72. The van der Waals surface area contributed by atoms with Crippen LogP contribution < -0.4 is 0 Å². The maximum absolute atomic E-state index is 13.0. The fraction of sp³-hybridized carbons (Fsp3) is 0.368. The molecule has 0 aliphatic heterocycles. The van der Waals surface area contributed by atoms with Crippen molar-refractivity contribution >= 4 is 5.57 Å². The second-order valence-corrected chi connectivity index (χ2v) is 5.49. The van der Waals surface area contributed by atoms with Crippen LogP contribution in [0.1, 0.15) is 56.1 Å². The Morgan fingerprint density at radius 2 is 1.75 bits per heavy atom. The molecule has 0 saturated heterocycles. The summed E-state index contributed by atoms with van der Waals surface area (Å²) in [7, 11) is 0. The highest BCUT2D eigenvalue weighted by Gasteiger charge is 2.15. The summed E-state index contributed by atoms with van der Waals surface area (Å²) < 4.78 is 13.0. The zero-order valence-electron chi connectivity index (χ0n) is 12.2. The number of halogens is 1. The Bertz CT molecular complexity index is 499. The first-order chi connectivity index (χ1) is 9.70. The maximum atomic E-state index is 13.0. The van der Waals surface area contributed by atoms with Crippen molar-refractivity contribution in [3.8, 4) is 0 Å². The molecule has 1 fully saturated rings. The van der Waals surface area contributed by atoms with Crippen molar-refractivity contribution in [2.75, 3.05) is 0 Å². The lowest BCUT2D eigenvalue weighted by Gasteiger charge is -2.22. The second-order valence-electron chi connectivity index (χ2n) is 5.49. The van der Waals surface area contributed by atoms with Gasteiger partial charge in [-0.1, -0.05) is 62.3 Å². The molecule has 0 nitrogen and oxygen atoms in total. The van der Waals surface area contributed by atoms with Gasteiger partial charge in [0, 0.05) is 0 Å². The summed E-state index contributed by atoms with van der Waals surface area (Å²) in [5.41, 5.74) is 3.34. The summed E-state index contributed by atoms with van der Waals surface area (Å²) in [5.74, 6) is 0.493. The van der Waals surface area contributed by atoms with Crippen molar-refractivity contribution in [1.29, 1.82) is 0 Å². The predicted molar refractivity (Wildman–Crippen MR) is 85.3 cm³/mol. The molecule has 1 aliphatic carbocycles. The molecular formula is C19H23F. The molecule has 20 heavy (non-hydrogen) atoms. The Morgan fingerprint density at radius 1 is 1.10 bits per heavy atom. The van der Waals surface area contributed by atoms with Gasteiger partial charge in [-0.3, -0.25) is 0 Å². The molecule has 1 heteroatoms. The van der Waals surface area contributed by atoms with Gasteiger partial charge in [-0.25, -0.2) is 4.39 Å². The summed E-state index contributed by atoms with van der Waals surface area (Å²) in [6.07, 6.45) is 11.3. The van der Waals surface area contributed by atoms with E-state index < -0.39 is 0 Å². The Labute approximate surface area is 121 Å². The zero-order valence-corrected chi connectivity index (χ0v) is 12.2. The topological polar surface area (TPSA) is 0 Å². The van der Waals surface area contributed by atoms with E-state index in [1.165, 1.54) is 49.8 Å². The average molecular weight is 270 g/mol. The van der Waals surface area contributed by atoms with Crippen molar-refractivity contribution in [2.24, 2.45) is 0 Å². The number of hydrogen-bond donors (Lipinski definition) is 0. The van der Waals surface area contributed by atoms with E-state index in [-0.39, 0.29) is 5.83 Å². The average Bonchev–Trinajstić information content (AvgIpc) is 2.53. The van der Waals surface area contributed by atoms with Crippen LogP contribution in [0.15, 0.2) is 54.9 Å². The Morgan fingerprint density at radius 3 is 2.35 bits per heavy atom. The van der Waals surface area contributed by atoms with Crippen LogP contribution >= 0.6 is 0 Å². The molecule has 0 bridgehead atoms. The van der Waals surface area contributed by atoms with Crippen LogP contribution in [0.25, 0.3) is 5.57 Å². The Kier molecular flexibility index (Phi) is 5.34. The predicted octanol–water partition coefficient (Wildman–Crippen LogP) is 6.18. The lowest BCUT2D eigenvalue weighted by Crippen LogP contribution is -2.04. The molecule has 0 spiro atoms. The number of allylic oxidation sites excluding steroid dienone is 5. The summed E-state index contributed by atoms with van der Waals surface area (Å²) in [6.45, 7) is 5.67. The third-order valence-corrected chi connectivity index (χ3v) is 4.08. The van der Waals surface area contributed by atoms with Crippen molar-refractivity contribution < 1.29 is 4.39 Å². The van der Waals surface area contributed by atoms with Gasteiger partial charge in [0.05, 0.1) is 0 Å². The van der Waals surface area contributed by atoms with Crippen LogP contribution in [0.3, 0.4) is 0 Å². The van der Waals surface area contributed by atoms with Crippen molar-refractivity contribution in [3.63, 3.8) is 0 Å². The van der Waals surface area contributed by atoms with E-state index in [0.717, 1.165) is 17.1 Å². The maximum Gasteiger partial charge on any atom is 0.118 e. The molecule has 0 N–H and O–H groups in total. The molecule has 0 atom stereocenters. The third-order valence-electron chi connectivity index (χ3n) is 4.08. The van der Waals surface area contributed by atoms with Crippen LogP contribution in [0.2, 0.25) is 0 Å². The van der Waals surface area contributed by atoms with Crippen LogP contribution in [-0.2, 0) is 0 Å². The highest BCUT2D eigenvalue weighted by Crippen LogP contribution is 2.33. The molecule has 0 unspecified atom stereocenters. The summed E-state index contributed by atoms with van der Waals surface area (Å²) >= 11 is 0. The molecule has 1 aliphatic rings. The van der Waals surface area contributed by atoms with E-state index in [0.29, 0.717) is 0 Å². The van der Waals surface area contributed by atoms with Crippen molar-refractivity contribution in [2.45, 2.75) is 44.9 Å². The molecule has 0 aromatic heterocycles. The molecule has 1 aromatic carbocycles. The lowest BCUT2D eigenvalue weighted by molar-refractivity contribution is 0.443. The van der Waals surface area contributed by atoms with Crippen LogP contribution in [0.5, 0.6) is 0 Å². The smallest absolute Gasteiger partial charge is 0.118 e.